The Hall–Kier alpha value is -1.76. The smallest absolute Gasteiger partial charge is 0.401 e. The molecule has 0 saturated heterocycles. The second-order valence-electron chi connectivity index (χ2n) is 4.19. The molecule has 104 valence electrons. The summed E-state index contributed by atoms with van der Waals surface area (Å²) in [6.45, 7) is -0.953. The summed E-state index contributed by atoms with van der Waals surface area (Å²) >= 11 is 0. The molecule has 2 rings (SSSR count). The summed E-state index contributed by atoms with van der Waals surface area (Å²) in [7, 11) is 0. The second-order valence-corrected chi connectivity index (χ2v) is 4.19. The number of alkyl halides is 3. The summed E-state index contributed by atoms with van der Waals surface area (Å²) in [5.74, 6) is 0.274. The predicted octanol–water partition coefficient (Wildman–Crippen LogP) is 1.71. The number of hydrogen-bond donors (Lipinski definition) is 2. The lowest BCUT2D eigenvalue weighted by Crippen LogP contribution is -2.35. The van der Waals surface area contributed by atoms with Crippen molar-refractivity contribution in [1.29, 1.82) is 0 Å². The highest BCUT2D eigenvalue weighted by Crippen LogP contribution is 2.27. The molecule has 1 aliphatic heterocycles. The van der Waals surface area contributed by atoms with Gasteiger partial charge in [-0.15, -0.1) is 0 Å². The van der Waals surface area contributed by atoms with Crippen molar-refractivity contribution in [3.8, 4) is 5.75 Å². The van der Waals surface area contributed by atoms with Crippen LogP contribution in [0.15, 0.2) is 18.2 Å². The number of rotatable bonds is 4. The zero-order chi connectivity index (χ0) is 13.9. The standard InChI is InChI=1S/C12H13F3N2O2/c13-12(14,15)7-16-6-11(18)17-9-1-2-10-8(5-9)3-4-19-10/h1-2,5,16H,3-4,6-7H2,(H,17,18). The van der Waals surface area contributed by atoms with E-state index in [1.807, 2.05) is 5.32 Å². The van der Waals surface area contributed by atoms with E-state index < -0.39 is 18.6 Å². The summed E-state index contributed by atoms with van der Waals surface area (Å²) in [4.78, 5) is 11.4. The van der Waals surface area contributed by atoms with Crippen LogP contribution in [-0.4, -0.2) is 31.8 Å². The highest BCUT2D eigenvalue weighted by molar-refractivity contribution is 5.92. The van der Waals surface area contributed by atoms with Crippen molar-refractivity contribution in [3.63, 3.8) is 0 Å². The van der Waals surface area contributed by atoms with Gasteiger partial charge in [-0.25, -0.2) is 0 Å². The third-order valence-electron chi connectivity index (χ3n) is 2.58. The van der Waals surface area contributed by atoms with Crippen molar-refractivity contribution in [1.82, 2.24) is 5.32 Å². The molecule has 0 unspecified atom stereocenters. The zero-order valence-corrected chi connectivity index (χ0v) is 10.0. The second kappa shape index (κ2) is 5.48. The molecule has 0 aromatic heterocycles. The van der Waals surface area contributed by atoms with Gasteiger partial charge in [0.1, 0.15) is 5.75 Å². The molecule has 1 aromatic rings. The van der Waals surface area contributed by atoms with Crippen LogP contribution in [0.5, 0.6) is 5.75 Å². The van der Waals surface area contributed by atoms with Gasteiger partial charge in [0.05, 0.1) is 19.7 Å². The molecular formula is C12H13F3N2O2. The summed E-state index contributed by atoms with van der Waals surface area (Å²) in [5.41, 5.74) is 1.55. The molecule has 1 aromatic carbocycles. The molecule has 0 aliphatic carbocycles. The van der Waals surface area contributed by atoms with Gasteiger partial charge < -0.3 is 15.4 Å². The van der Waals surface area contributed by atoms with E-state index in [1.54, 1.807) is 18.2 Å². The summed E-state index contributed by atoms with van der Waals surface area (Å²) in [5, 5.41) is 4.57. The molecule has 7 heteroatoms. The molecule has 0 saturated carbocycles. The Balaban J connectivity index is 1.82. The number of anilines is 1. The molecule has 0 fully saturated rings. The fourth-order valence-corrected chi connectivity index (χ4v) is 1.79. The first-order chi connectivity index (χ1) is 8.94. The number of benzene rings is 1. The van der Waals surface area contributed by atoms with E-state index in [9.17, 15) is 18.0 Å². The topological polar surface area (TPSA) is 50.4 Å². The van der Waals surface area contributed by atoms with Crippen LogP contribution in [0.3, 0.4) is 0 Å². The number of amides is 1. The van der Waals surface area contributed by atoms with Gasteiger partial charge in [-0.2, -0.15) is 13.2 Å². The molecular weight excluding hydrogens is 261 g/mol. The quantitative estimate of drug-likeness (QED) is 0.879. The van der Waals surface area contributed by atoms with Gasteiger partial charge in [0.15, 0.2) is 0 Å². The van der Waals surface area contributed by atoms with E-state index in [-0.39, 0.29) is 6.54 Å². The summed E-state index contributed by atoms with van der Waals surface area (Å²) < 4.78 is 40.9. The maximum Gasteiger partial charge on any atom is 0.401 e. The molecule has 0 spiro atoms. The molecule has 0 bridgehead atoms. The van der Waals surface area contributed by atoms with Crippen LogP contribution in [0, 0.1) is 0 Å². The lowest BCUT2D eigenvalue weighted by molar-refractivity contribution is -0.126. The van der Waals surface area contributed by atoms with Gasteiger partial charge in [0.2, 0.25) is 5.91 Å². The van der Waals surface area contributed by atoms with Gasteiger partial charge in [-0.05, 0) is 23.8 Å². The summed E-state index contributed by atoms with van der Waals surface area (Å²) in [6.07, 6.45) is -3.55. The number of nitrogens with one attached hydrogen (secondary N) is 2. The van der Waals surface area contributed by atoms with E-state index in [1.165, 1.54) is 0 Å². The van der Waals surface area contributed by atoms with E-state index in [2.05, 4.69) is 5.32 Å². The molecule has 1 aliphatic rings. The van der Waals surface area contributed by atoms with Gasteiger partial charge in [0.25, 0.3) is 0 Å². The van der Waals surface area contributed by atoms with Gasteiger partial charge in [-0.1, -0.05) is 0 Å². The molecule has 19 heavy (non-hydrogen) atoms. The normalized spacial score (nSPS) is 13.8. The Kier molecular flexibility index (Phi) is 3.94. The summed E-state index contributed by atoms with van der Waals surface area (Å²) in [6, 6.07) is 5.16. The fourth-order valence-electron chi connectivity index (χ4n) is 1.79. The van der Waals surface area contributed by atoms with Crippen LogP contribution in [0.25, 0.3) is 0 Å². The van der Waals surface area contributed by atoms with Crippen molar-refractivity contribution in [3.05, 3.63) is 23.8 Å². The molecule has 0 radical (unpaired) electrons. The SMILES string of the molecule is O=C(CNCC(F)(F)F)Nc1ccc2c(c1)CCO2. The number of carbonyl (C=O) groups is 1. The van der Waals surface area contributed by atoms with E-state index in [4.69, 9.17) is 4.74 Å². The largest absolute Gasteiger partial charge is 0.493 e. The van der Waals surface area contributed by atoms with Crippen LogP contribution < -0.4 is 15.4 Å². The van der Waals surface area contributed by atoms with Gasteiger partial charge >= 0.3 is 6.18 Å². The van der Waals surface area contributed by atoms with Gasteiger partial charge in [0, 0.05) is 12.1 Å². The minimum absolute atomic E-state index is 0.382. The maximum absolute atomic E-state index is 11.9. The number of carbonyl (C=O) groups excluding carboxylic acids is 1. The Morgan fingerprint density at radius 1 is 1.37 bits per heavy atom. The highest BCUT2D eigenvalue weighted by Gasteiger charge is 2.26. The van der Waals surface area contributed by atoms with Crippen LogP contribution in [0.1, 0.15) is 5.56 Å². The predicted molar refractivity (Wildman–Crippen MR) is 63.2 cm³/mol. The van der Waals surface area contributed by atoms with Crippen molar-refractivity contribution in [2.45, 2.75) is 12.6 Å². The Morgan fingerprint density at radius 2 is 2.16 bits per heavy atom. The Morgan fingerprint density at radius 3 is 2.89 bits per heavy atom. The lowest BCUT2D eigenvalue weighted by Gasteiger charge is -2.09. The first-order valence-corrected chi connectivity index (χ1v) is 5.77. The fraction of sp³-hybridized carbons (Fsp3) is 0.417. The Labute approximate surface area is 107 Å². The lowest BCUT2D eigenvalue weighted by atomic mass is 10.1. The van der Waals surface area contributed by atoms with Crippen LogP contribution in [0.4, 0.5) is 18.9 Å². The Bertz CT molecular complexity index is 475. The third kappa shape index (κ3) is 4.13. The zero-order valence-electron chi connectivity index (χ0n) is 10.0. The van der Waals surface area contributed by atoms with Crippen molar-refractivity contribution < 1.29 is 22.7 Å². The van der Waals surface area contributed by atoms with E-state index >= 15 is 0 Å². The average molecular weight is 274 g/mol. The number of halogens is 3. The molecule has 1 amide bonds. The third-order valence-corrected chi connectivity index (χ3v) is 2.58. The van der Waals surface area contributed by atoms with Gasteiger partial charge in [-0.3, -0.25) is 4.79 Å². The van der Waals surface area contributed by atoms with Crippen LogP contribution in [0.2, 0.25) is 0 Å². The first kappa shape index (κ1) is 13.7. The van der Waals surface area contributed by atoms with Crippen molar-refractivity contribution in [2.24, 2.45) is 0 Å². The van der Waals surface area contributed by atoms with Crippen molar-refractivity contribution >= 4 is 11.6 Å². The van der Waals surface area contributed by atoms with E-state index in [0.29, 0.717) is 12.3 Å². The molecule has 0 atom stereocenters. The van der Waals surface area contributed by atoms with Crippen molar-refractivity contribution in [2.75, 3.05) is 25.0 Å². The monoisotopic (exact) mass is 274 g/mol. The number of fused-ring (bicyclic) bond motifs is 1. The highest BCUT2D eigenvalue weighted by atomic mass is 19.4. The van der Waals surface area contributed by atoms with E-state index in [0.717, 1.165) is 17.7 Å². The number of hydrogen-bond acceptors (Lipinski definition) is 3. The molecule has 1 heterocycles. The average Bonchev–Trinajstić information content (AvgIpc) is 2.74. The maximum atomic E-state index is 11.9. The molecule has 4 nitrogen and oxygen atoms in total. The number of ether oxygens (including phenoxy) is 1. The minimum Gasteiger partial charge on any atom is -0.493 e. The van der Waals surface area contributed by atoms with Crippen LogP contribution in [-0.2, 0) is 11.2 Å². The minimum atomic E-state index is -4.31. The first-order valence-electron chi connectivity index (χ1n) is 5.77. The molecule has 2 N–H and O–H groups in total. The van der Waals surface area contributed by atoms with Crippen LogP contribution >= 0.6 is 0 Å².